The molecule has 160 valence electrons. The number of carboxylic acids is 1. The van der Waals surface area contributed by atoms with Gasteiger partial charge in [0, 0.05) is 18.4 Å². The molecule has 5 rings (SSSR count). The van der Waals surface area contributed by atoms with E-state index in [1.165, 1.54) is 0 Å². The predicted molar refractivity (Wildman–Crippen MR) is 119 cm³/mol. The van der Waals surface area contributed by atoms with Crippen molar-refractivity contribution in [2.75, 3.05) is 6.61 Å². The van der Waals surface area contributed by atoms with Gasteiger partial charge in [0.2, 0.25) is 0 Å². The first-order valence-electron chi connectivity index (χ1n) is 10.3. The van der Waals surface area contributed by atoms with E-state index in [1.54, 1.807) is 29.1 Å². The minimum atomic E-state index is -1.23. The third-order valence-electron chi connectivity index (χ3n) is 5.96. The summed E-state index contributed by atoms with van der Waals surface area (Å²) in [4.78, 5) is 24.4. The Hall–Kier alpha value is -4.13. The second kappa shape index (κ2) is 7.85. The normalized spacial score (nSPS) is 13.4. The van der Waals surface area contributed by atoms with Gasteiger partial charge in [0.1, 0.15) is 6.61 Å². The first-order chi connectivity index (χ1) is 15.5. The Morgan fingerprint density at radius 1 is 1.06 bits per heavy atom. The number of rotatable bonds is 5. The fourth-order valence-corrected chi connectivity index (χ4v) is 4.41. The molecule has 1 aliphatic carbocycles. The molecule has 0 aliphatic heterocycles. The van der Waals surface area contributed by atoms with Gasteiger partial charge in [0.25, 0.3) is 0 Å². The molecule has 1 heterocycles. The number of aryl methyl sites for hydroxylation is 1. The number of nitrogens with one attached hydrogen (secondary N) is 1. The highest BCUT2D eigenvalue weighted by Crippen LogP contribution is 2.44. The first kappa shape index (κ1) is 19.8. The third kappa shape index (κ3) is 3.37. The summed E-state index contributed by atoms with van der Waals surface area (Å²) in [5.74, 6) is -1.26. The fourth-order valence-electron chi connectivity index (χ4n) is 4.41. The van der Waals surface area contributed by atoms with Gasteiger partial charge >= 0.3 is 12.1 Å². The van der Waals surface area contributed by atoms with Crippen LogP contribution in [0.25, 0.3) is 22.0 Å². The molecule has 0 saturated heterocycles. The summed E-state index contributed by atoms with van der Waals surface area (Å²) < 4.78 is 7.21. The Morgan fingerprint density at radius 2 is 1.72 bits per heavy atom. The van der Waals surface area contributed by atoms with Gasteiger partial charge in [-0.15, -0.1) is 0 Å². The van der Waals surface area contributed by atoms with E-state index >= 15 is 0 Å². The van der Waals surface area contributed by atoms with Crippen LogP contribution < -0.4 is 5.32 Å². The number of fused-ring (bicyclic) bond motifs is 4. The number of aliphatic carboxylic acids is 1. The number of hydrogen-bond donors (Lipinski definition) is 2. The first-order valence-corrected chi connectivity index (χ1v) is 10.3. The van der Waals surface area contributed by atoms with E-state index in [9.17, 15) is 14.7 Å². The number of nitrogens with zero attached hydrogens (tertiary/aromatic N) is 2. The molecule has 7 heteroatoms. The molecule has 0 fully saturated rings. The van der Waals surface area contributed by atoms with Gasteiger partial charge in [-0.05, 0) is 39.9 Å². The molecule has 0 unspecified atom stereocenters. The zero-order valence-corrected chi connectivity index (χ0v) is 17.4. The molecule has 1 amide bonds. The molecule has 4 aromatic rings. The Bertz CT molecular complexity index is 1300. The lowest BCUT2D eigenvalue weighted by molar-refractivity contribution is -0.139. The number of carbonyl (C=O) groups excluding carboxylic acids is 1. The largest absolute Gasteiger partial charge is 0.479 e. The molecule has 1 aromatic heterocycles. The van der Waals surface area contributed by atoms with E-state index in [0.717, 1.165) is 33.2 Å². The van der Waals surface area contributed by atoms with Gasteiger partial charge in [-0.3, -0.25) is 4.68 Å². The fraction of sp³-hybridized carbons (Fsp3) is 0.160. The smallest absolute Gasteiger partial charge is 0.408 e. The van der Waals surface area contributed by atoms with Gasteiger partial charge in [-0.2, -0.15) is 5.10 Å². The number of benzene rings is 3. The van der Waals surface area contributed by atoms with Gasteiger partial charge in [0.15, 0.2) is 6.04 Å². The van der Waals surface area contributed by atoms with Crippen LogP contribution in [0.4, 0.5) is 4.79 Å². The maximum Gasteiger partial charge on any atom is 0.408 e. The van der Waals surface area contributed by atoms with Gasteiger partial charge in [-0.1, -0.05) is 54.6 Å². The van der Waals surface area contributed by atoms with Crippen molar-refractivity contribution < 1.29 is 19.4 Å². The van der Waals surface area contributed by atoms with Crippen LogP contribution in [-0.2, 0) is 16.6 Å². The number of ether oxygens (including phenoxy) is 1. The highest BCUT2D eigenvalue weighted by atomic mass is 16.5. The Morgan fingerprint density at radius 3 is 2.38 bits per heavy atom. The molecule has 3 aromatic carbocycles. The van der Waals surface area contributed by atoms with Crippen molar-refractivity contribution in [3.05, 3.63) is 89.6 Å². The van der Waals surface area contributed by atoms with Gasteiger partial charge < -0.3 is 15.2 Å². The van der Waals surface area contributed by atoms with E-state index in [4.69, 9.17) is 4.74 Å². The quantitative estimate of drug-likeness (QED) is 0.497. The molecule has 0 spiro atoms. The highest BCUT2D eigenvalue weighted by molar-refractivity contribution is 5.85. The topological polar surface area (TPSA) is 93.5 Å². The van der Waals surface area contributed by atoms with Crippen molar-refractivity contribution in [2.45, 2.75) is 12.0 Å². The van der Waals surface area contributed by atoms with Crippen LogP contribution in [0.5, 0.6) is 0 Å². The van der Waals surface area contributed by atoms with Crippen LogP contribution >= 0.6 is 0 Å². The third-order valence-corrected chi connectivity index (χ3v) is 5.96. The number of amides is 1. The molecule has 0 bridgehead atoms. The minimum Gasteiger partial charge on any atom is -0.479 e. The predicted octanol–water partition coefficient (Wildman–Crippen LogP) is 4.24. The lowest BCUT2D eigenvalue weighted by Gasteiger charge is -2.18. The second-order valence-corrected chi connectivity index (χ2v) is 7.83. The van der Waals surface area contributed by atoms with Crippen LogP contribution in [0.2, 0.25) is 0 Å². The van der Waals surface area contributed by atoms with Crippen molar-refractivity contribution in [2.24, 2.45) is 7.05 Å². The summed E-state index contributed by atoms with van der Waals surface area (Å²) in [6.07, 6.45) is 0.885. The number of hydrogen-bond acceptors (Lipinski definition) is 4. The van der Waals surface area contributed by atoms with E-state index in [2.05, 4.69) is 22.5 Å². The summed E-state index contributed by atoms with van der Waals surface area (Å²) in [5.41, 5.74) is 5.78. The zero-order valence-electron chi connectivity index (χ0n) is 17.4. The van der Waals surface area contributed by atoms with Crippen LogP contribution in [0.15, 0.2) is 72.9 Å². The number of carbonyl (C=O) groups is 2. The molecular weight excluding hydrogens is 406 g/mol. The molecule has 0 radical (unpaired) electrons. The molecule has 1 aliphatic rings. The summed E-state index contributed by atoms with van der Waals surface area (Å²) >= 11 is 0. The Balaban J connectivity index is 1.33. The number of carboxylic acid groups (broad SMARTS) is 1. The molecular formula is C25H21N3O4. The lowest BCUT2D eigenvalue weighted by Crippen LogP contribution is -2.34. The Kier molecular flexibility index (Phi) is 4.86. The summed E-state index contributed by atoms with van der Waals surface area (Å²) in [6.45, 7) is 0.119. The molecule has 1 atom stereocenters. The van der Waals surface area contributed by atoms with E-state index in [1.807, 2.05) is 43.4 Å². The molecule has 0 saturated carbocycles. The van der Waals surface area contributed by atoms with Crippen LogP contribution in [0, 0.1) is 0 Å². The molecule has 2 N–H and O–H groups in total. The van der Waals surface area contributed by atoms with Crippen LogP contribution in [-0.4, -0.2) is 33.6 Å². The monoisotopic (exact) mass is 427 g/mol. The van der Waals surface area contributed by atoms with Crippen molar-refractivity contribution >= 4 is 23.0 Å². The second-order valence-electron chi connectivity index (χ2n) is 7.83. The van der Waals surface area contributed by atoms with Crippen molar-refractivity contribution in [3.8, 4) is 11.1 Å². The zero-order chi connectivity index (χ0) is 22.2. The average Bonchev–Trinajstić information content (AvgIpc) is 3.33. The number of aromatic nitrogens is 2. The molecule has 7 nitrogen and oxygen atoms in total. The summed E-state index contributed by atoms with van der Waals surface area (Å²) in [6, 6.07) is 20.0. The van der Waals surface area contributed by atoms with E-state index < -0.39 is 18.1 Å². The SMILES string of the molecule is Cn1ncc2cc([C@@H](NC(=O)OCC3c4ccccc4-c4ccccc43)C(=O)O)ccc21. The average molecular weight is 427 g/mol. The van der Waals surface area contributed by atoms with Crippen molar-refractivity contribution in [3.63, 3.8) is 0 Å². The van der Waals surface area contributed by atoms with Crippen LogP contribution in [0.1, 0.15) is 28.7 Å². The van der Waals surface area contributed by atoms with Gasteiger partial charge in [0.05, 0.1) is 11.7 Å². The minimum absolute atomic E-state index is 0.0943. The van der Waals surface area contributed by atoms with E-state index in [-0.39, 0.29) is 12.5 Å². The van der Waals surface area contributed by atoms with Gasteiger partial charge in [-0.25, -0.2) is 9.59 Å². The van der Waals surface area contributed by atoms with Crippen molar-refractivity contribution in [1.82, 2.24) is 15.1 Å². The lowest BCUT2D eigenvalue weighted by atomic mass is 9.98. The van der Waals surface area contributed by atoms with Crippen molar-refractivity contribution in [1.29, 1.82) is 0 Å². The van der Waals surface area contributed by atoms with Crippen LogP contribution in [0.3, 0.4) is 0 Å². The number of alkyl carbamates (subject to hydrolysis) is 1. The maximum absolute atomic E-state index is 12.6. The molecule has 32 heavy (non-hydrogen) atoms. The van der Waals surface area contributed by atoms with E-state index in [0.29, 0.717) is 5.56 Å². The standard InChI is InChI=1S/C25H21N3O4/c1-28-22-11-10-15(12-16(22)13-26-28)23(24(29)30)27-25(31)32-14-21-19-8-4-2-6-17(19)18-7-3-5-9-20(18)21/h2-13,21,23H,14H2,1H3,(H,27,31)(H,29,30)/t23-/m1/s1. The summed E-state index contributed by atoms with van der Waals surface area (Å²) in [5, 5.41) is 17.2. The highest BCUT2D eigenvalue weighted by Gasteiger charge is 2.30. The Labute approximate surface area is 184 Å². The summed E-state index contributed by atoms with van der Waals surface area (Å²) in [7, 11) is 1.81. The maximum atomic E-state index is 12.6.